The summed E-state index contributed by atoms with van der Waals surface area (Å²) in [6, 6.07) is 3.12. The second-order valence-electron chi connectivity index (χ2n) is 5.37. The van der Waals surface area contributed by atoms with Crippen molar-refractivity contribution in [2.24, 2.45) is 5.41 Å². The summed E-state index contributed by atoms with van der Waals surface area (Å²) in [5, 5.41) is 9.07. The minimum absolute atomic E-state index is 0.226. The molecule has 0 aliphatic carbocycles. The molecule has 1 unspecified atom stereocenters. The van der Waals surface area contributed by atoms with E-state index in [0.29, 0.717) is 12.0 Å². The highest BCUT2D eigenvalue weighted by Gasteiger charge is 2.37. The lowest BCUT2D eigenvalue weighted by molar-refractivity contribution is -0.760. The second-order valence-corrected chi connectivity index (χ2v) is 6.97. The monoisotopic (exact) mass is 345 g/mol. The molecule has 1 aromatic rings. The number of amides is 1. The van der Waals surface area contributed by atoms with Gasteiger partial charge in [-0.2, -0.15) is 8.42 Å². The summed E-state index contributed by atoms with van der Waals surface area (Å²) in [6.45, 7) is 4.20. The number of nitrogens with one attached hydrogen (secondary N) is 1. The van der Waals surface area contributed by atoms with E-state index in [1.807, 2.05) is 4.72 Å². The molecule has 1 amide bonds. The van der Waals surface area contributed by atoms with Gasteiger partial charge in [0.05, 0.1) is 5.41 Å². The van der Waals surface area contributed by atoms with Crippen LogP contribution in [-0.2, 0) is 19.7 Å². The van der Waals surface area contributed by atoms with Crippen LogP contribution in [0.3, 0.4) is 0 Å². The van der Waals surface area contributed by atoms with Crippen LogP contribution in [0, 0.1) is 22.5 Å². The van der Waals surface area contributed by atoms with E-state index < -0.39 is 33.0 Å². The average Bonchev–Trinajstić information content (AvgIpc) is 2.45. The van der Waals surface area contributed by atoms with E-state index in [4.69, 9.17) is 0 Å². The first-order chi connectivity index (χ1) is 10.6. The SMILES string of the molecule is CCCC(C)(CO[N+](=O)[O-])C(=O)NS(=O)(=O)c1ncccc1C. The highest BCUT2D eigenvalue weighted by molar-refractivity contribution is 7.90. The molecule has 0 fully saturated rings. The Morgan fingerprint density at radius 1 is 1.52 bits per heavy atom. The maximum absolute atomic E-state index is 12.3. The quantitative estimate of drug-likeness (QED) is 0.554. The molecule has 1 N–H and O–H groups in total. The van der Waals surface area contributed by atoms with Crippen molar-refractivity contribution < 1.29 is 23.1 Å². The van der Waals surface area contributed by atoms with Crippen LogP contribution >= 0.6 is 0 Å². The lowest BCUT2D eigenvalue weighted by atomic mass is 9.86. The van der Waals surface area contributed by atoms with Gasteiger partial charge in [-0.15, -0.1) is 10.1 Å². The Bertz CT molecular complexity index is 691. The Kier molecular flexibility index (Phi) is 6.02. The normalized spacial score (nSPS) is 13.9. The molecule has 0 saturated heterocycles. The molecule has 9 nitrogen and oxygen atoms in total. The van der Waals surface area contributed by atoms with E-state index in [2.05, 4.69) is 9.82 Å². The molecule has 0 aliphatic rings. The van der Waals surface area contributed by atoms with Crippen molar-refractivity contribution in [2.45, 2.75) is 38.6 Å². The van der Waals surface area contributed by atoms with E-state index in [9.17, 15) is 23.3 Å². The number of carbonyl (C=O) groups excluding carboxylic acids is 1. The standard InChI is InChI=1S/C13H19N3O6S/c1-4-7-13(3,9-22-16(18)19)12(17)15-23(20,21)11-10(2)6-5-8-14-11/h5-6,8H,4,7,9H2,1-3H3,(H,15,17). The molecule has 23 heavy (non-hydrogen) atoms. The molecule has 0 aliphatic heterocycles. The van der Waals surface area contributed by atoms with Crippen molar-refractivity contribution in [3.63, 3.8) is 0 Å². The van der Waals surface area contributed by atoms with Crippen LogP contribution in [-0.4, -0.2) is 31.0 Å². The van der Waals surface area contributed by atoms with Gasteiger partial charge in [-0.05, 0) is 31.9 Å². The third-order valence-electron chi connectivity index (χ3n) is 3.28. The van der Waals surface area contributed by atoms with Crippen LogP contribution in [0.5, 0.6) is 0 Å². The Morgan fingerprint density at radius 2 is 2.17 bits per heavy atom. The first-order valence-corrected chi connectivity index (χ1v) is 8.37. The lowest BCUT2D eigenvalue weighted by Crippen LogP contribution is -2.45. The van der Waals surface area contributed by atoms with Gasteiger partial charge in [-0.3, -0.25) is 4.79 Å². The molecular weight excluding hydrogens is 326 g/mol. The summed E-state index contributed by atoms with van der Waals surface area (Å²) >= 11 is 0. The fourth-order valence-electron chi connectivity index (χ4n) is 2.04. The molecule has 1 aromatic heterocycles. The fourth-order valence-corrected chi connectivity index (χ4v) is 3.32. The van der Waals surface area contributed by atoms with Crippen molar-refractivity contribution in [2.75, 3.05) is 6.61 Å². The van der Waals surface area contributed by atoms with Crippen LogP contribution in [0.4, 0.5) is 0 Å². The minimum atomic E-state index is -4.17. The average molecular weight is 345 g/mol. The van der Waals surface area contributed by atoms with Crippen molar-refractivity contribution in [3.05, 3.63) is 34.0 Å². The van der Waals surface area contributed by atoms with Crippen LogP contribution in [0.25, 0.3) is 0 Å². The van der Waals surface area contributed by atoms with Crippen molar-refractivity contribution in [1.82, 2.24) is 9.71 Å². The number of pyridine rings is 1. The number of sulfonamides is 1. The number of hydrogen-bond donors (Lipinski definition) is 1. The summed E-state index contributed by atoms with van der Waals surface area (Å²) in [5.74, 6) is -0.869. The zero-order valence-electron chi connectivity index (χ0n) is 13.1. The molecule has 0 radical (unpaired) electrons. The molecule has 0 bridgehead atoms. The van der Waals surface area contributed by atoms with Gasteiger partial charge in [0, 0.05) is 6.20 Å². The smallest absolute Gasteiger partial charge is 0.294 e. The van der Waals surface area contributed by atoms with Crippen LogP contribution in [0.1, 0.15) is 32.3 Å². The summed E-state index contributed by atoms with van der Waals surface area (Å²) in [7, 11) is -4.17. The third kappa shape index (κ3) is 4.88. The molecule has 1 rings (SSSR count). The first kappa shape index (κ1) is 18.8. The summed E-state index contributed by atoms with van der Waals surface area (Å²) in [6.07, 6.45) is 2.05. The van der Waals surface area contributed by atoms with E-state index in [-0.39, 0.29) is 11.4 Å². The molecular formula is C13H19N3O6S. The van der Waals surface area contributed by atoms with Gasteiger partial charge in [0.15, 0.2) is 5.03 Å². The highest BCUT2D eigenvalue weighted by Crippen LogP contribution is 2.25. The molecule has 0 saturated carbocycles. The largest absolute Gasteiger partial charge is 0.313 e. The predicted molar refractivity (Wildman–Crippen MR) is 80.3 cm³/mol. The van der Waals surface area contributed by atoms with Gasteiger partial charge in [0.1, 0.15) is 6.61 Å². The fraction of sp³-hybridized carbons (Fsp3) is 0.538. The van der Waals surface area contributed by atoms with Gasteiger partial charge >= 0.3 is 0 Å². The number of hydrogen-bond acceptors (Lipinski definition) is 7. The Labute approximate surface area is 134 Å². The maximum Gasteiger partial charge on any atom is 0.294 e. The Balaban J connectivity index is 3.02. The molecule has 0 spiro atoms. The van der Waals surface area contributed by atoms with Crippen LogP contribution < -0.4 is 4.72 Å². The summed E-state index contributed by atoms with van der Waals surface area (Å²) < 4.78 is 26.5. The van der Waals surface area contributed by atoms with Crippen molar-refractivity contribution in [1.29, 1.82) is 0 Å². The van der Waals surface area contributed by atoms with E-state index >= 15 is 0 Å². The van der Waals surface area contributed by atoms with Crippen LogP contribution in [0.2, 0.25) is 0 Å². The number of carbonyl (C=O) groups is 1. The molecule has 0 aromatic carbocycles. The van der Waals surface area contributed by atoms with Crippen molar-refractivity contribution in [3.8, 4) is 0 Å². The zero-order chi connectivity index (χ0) is 17.7. The number of rotatable bonds is 8. The second kappa shape index (κ2) is 7.36. The molecule has 1 heterocycles. The maximum atomic E-state index is 12.3. The number of aryl methyl sites for hydroxylation is 1. The highest BCUT2D eigenvalue weighted by atomic mass is 32.2. The molecule has 10 heteroatoms. The predicted octanol–water partition coefficient (Wildman–Crippen LogP) is 1.21. The van der Waals surface area contributed by atoms with Gasteiger partial charge in [0.25, 0.3) is 15.1 Å². The van der Waals surface area contributed by atoms with Gasteiger partial charge < -0.3 is 4.84 Å². The van der Waals surface area contributed by atoms with E-state index in [1.54, 1.807) is 26.0 Å². The minimum Gasteiger partial charge on any atom is -0.313 e. The summed E-state index contributed by atoms with van der Waals surface area (Å²) in [5.41, 5.74) is -0.969. The number of aromatic nitrogens is 1. The Hall–Kier alpha value is -2.23. The Morgan fingerprint density at radius 3 is 2.70 bits per heavy atom. The van der Waals surface area contributed by atoms with E-state index in [1.165, 1.54) is 13.1 Å². The summed E-state index contributed by atoms with van der Waals surface area (Å²) in [4.78, 5) is 30.7. The topological polar surface area (TPSA) is 128 Å². The van der Waals surface area contributed by atoms with Crippen LogP contribution in [0.15, 0.2) is 23.4 Å². The van der Waals surface area contributed by atoms with Crippen molar-refractivity contribution >= 4 is 15.9 Å². The van der Waals surface area contributed by atoms with Gasteiger partial charge in [-0.1, -0.05) is 19.4 Å². The first-order valence-electron chi connectivity index (χ1n) is 6.88. The van der Waals surface area contributed by atoms with E-state index in [0.717, 1.165) is 0 Å². The number of nitrogens with zero attached hydrogens (tertiary/aromatic N) is 2. The molecule has 128 valence electrons. The molecule has 1 atom stereocenters. The zero-order valence-corrected chi connectivity index (χ0v) is 13.9. The lowest BCUT2D eigenvalue weighted by Gasteiger charge is -2.26. The van der Waals surface area contributed by atoms with Gasteiger partial charge in [0.2, 0.25) is 5.91 Å². The van der Waals surface area contributed by atoms with Gasteiger partial charge in [-0.25, -0.2) is 9.71 Å². The third-order valence-corrected chi connectivity index (χ3v) is 4.67.